The summed E-state index contributed by atoms with van der Waals surface area (Å²) >= 11 is 9.32. The van der Waals surface area contributed by atoms with Crippen molar-refractivity contribution in [3.8, 4) is 0 Å². The van der Waals surface area contributed by atoms with E-state index in [-0.39, 0.29) is 45.3 Å². The maximum absolute atomic E-state index is 14.1. The lowest BCUT2D eigenvalue weighted by molar-refractivity contribution is -0.153. The molecule has 35 heavy (non-hydrogen) atoms. The van der Waals surface area contributed by atoms with E-state index in [0.717, 1.165) is 36.5 Å². The standard InChI is InChI=1S/C26H25BrClFN2O4/c1-35-25(34)26-8-3-5-16(26)12-31(14-26)23(32)17-6-2-4-15-7-9-30(13-19(15)17)24(33)18-10-22(29)20(27)11-21(18)28/h2,4,6,10-11,16H,3,5,7-9,12-14H2,1H3. The highest BCUT2D eigenvalue weighted by Crippen LogP contribution is 2.49. The van der Waals surface area contributed by atoms with Crippen LogP contribution in [0.4, 0.5) is 4.39 Å². The molecule has 0 bridgehead atoms. The van der Waals surface area contributed by atoms with E-state index in [9.17, 15) is 18.8 Å². The molecule has 184 valence electrons. The van der Waals surface area contributed by atoms with Gasteiger partial charge in [-0.2, -0.15) is 0 Å². The zero-order chi connectivity index (χ0) is 24.9. The fraction of sp³-hybridized carbons (Fsp3) is 0.423. The van der Waals surface area contributed by atoms with E-state index < -0.39 is 11.2 Å². The molecule has 0 N–H and O–H groups in total. The molecule has 2 fully saturated rings. The van der Waals surface area contributed by atoms with Crippen LogP contribution >= 0.6 is 27.5 Å². The third-order valence-electron chi connectivity index (χ3n) is 7.78. The molecule has 1 saturated heterocycles. The first-order valence-electron chi connectivity index (χ1n) is 11.7. The molecule has 9 heteroatoms. The van der Waals surface area contributed by atoms with Crippen LogP contribution in [0.3, 0.4) is 0 Å². The molecular weight excluding hydrogens is 539 g/mol. The quantitative estimate of drug-likeness (QED) is 0.395. The number of carbonyl (C=O) groups is 3. The molecule has 2 unspecified atom stereocenters. The Labute approximate surface area is 216 Å². The number of ether oxygens (including phenoxy) is 1. The van der Waals surface area contributed by atoms with Crippen molar-refractivity contribution >= 4 is 45.3 Å². The molecule has 1 aliphatic carbocycles. The summed E-state index contributed by atoms with van der Waals surface area (Å²) in [4.78, 5) is 42.9. The number of halogens is 3. The lowest BCUT2D eigenvalue weighted by Gasteiger charge is -2.31. The van der Waals surface area contributed by atoms with Crippen LogP contribution in [0.2, 0.25) is 5.02 Å². The van der Waals surface area contributed by atoms with Crippen LogP contribution in [0.5, 0.6) is 0 Å². The van der Waals surface area contributed by atoms with Gasteiger partial charge in [-0.05, 0) is 70.4 Å². The third-order valence-corrected chi connectivity index (χ3v) is 8.70. The second-order valence-electron chi connectivity index (χ2n) is 9.59. The van der Waals surface area contributed by atoms with Gasteiger partial charge in [0.2, 0.25) is 0 Å². The summed E-state index contributed by atoms with van der Waals surface area (Å²) < 4.78 is 19.4. The van der Waals surface area contributed by atoms with E-state index in [4.69, 9.17) is 16.3 Å². The topological polar surface area (TPSA) is 66.9 Å². The third kappa shape index (κ3) is 4.04. The van der Waals surface area contributed by atoms with Gasteiger partial charge < -0.3 is 14.5 Å². The minimum Gasteiger partial charge on any atom is -0.469 e. The van der Waals surface area contributed by atoms with Gasteiger partial charge in [-0.1, -0.05) is 30.2 Å². The first-order valence-corrected chi connectivity index (χ1v) is 12.8. The van der Waals surface area contributed by atoms with Crippen molar-refractivity contribution in [3.63, 3.8) is 0 Å². The Balaban J connectivity index is 1.41. The number of esters is 1. The molecule has 2 heterocycles. The second kappa shape index (κ2) is 9.21. The number of hydrogen-bond donors (Lipinski definition) is 0. The summed E-state index contributed by atoms with van der Waals surface area (Å²) in [6, 6.07) is 8.11. The average Bonchev–Trinajstić information content (AvgIpc) is 3.43. The molecule has 2 aliphatic heterocycles. The van der Waals surface area contributed by atoms with Gasteiger partial charge in [-0.3, -0.25) is 14.4 Å². The second-order valence-corrected chi connectivity index (χ2v) is 10.9. The zero-order valence-electron chi connectivity index (χ0n) is 19.3. The van der Waals surface area contributed by atoms with Crippen molar-refractivity contribution in [3.05, 3.63) is 67.9 Å². The highest BCUT2D eigenvalue weighted by Gasteiger charge is 2.56. The van der Waals surface area contributed by atoms with Crippen molar-refractivity contribution in [1.29, 1.82) is 0 Å². The Bertz CT molecular complexity index is 1240. The number of hydrogen-bond acceptors (Lipinski definition) is 4. The fourth-order valence-corrected chi connectivity index (χ4v) is 6.68. The maximum Gasteiger partial charge on any atom is 0.313 e. The number of nitrogens with zero attached hydrogens (tertiary/aromatic N) is 2. The highest BCUT2D eigenvalue weighted by molar-refractivity contribution is 9.10. The molecular formula is C26H25BrClFN2O4. The van der Waals surface area contributed by atoms with Crippen molar-refractivity contribution in [1.82, 2.24) is 9.80 Å². The Hall–Kier alpha value is -2.45. The van der Waals surface area contributed by atoms with Crippen LogP contribution in [0.1, 0.15) is 51.1 Å². The van der Waals surface area contributed by atoms with Gasteiger partial charge >= 0.3 is 5.97 Å². The van der Waals surface area contributed by atoms with Gasteiger partial charge in [0.15, 0.2) is 0 Å². The molecule has 2 aromatic carbocycles. The van der Waals surface area contributed by atoms with Gasteiger partial charge in [0.25, 0.3) is 11.8 Å². The summed E-state index contributed by atoms with van der Waals surface area (Å²) in [7, 11) is 1.40. The molecule has 2 aromatic rings. The lowest BCUT2D eigenvalue weighted by Crippen LogP contribution is -2.40. The first-order chi connectivity index (χ1) is 16.7. The van der Waals surface area contributed by atoms with Crippen LogP contribution in [0.15, 0.2) is 34.8 Å². The number of amides is 2. The Morgan fingerprint density at radius 1 is 1.17 bits per heavy atom. The molecule has 3 aliphatic rings. The van der Waals surface area contributed by atoms with Crippen molar-refractivity contribution in [2.75, 3.05) is 26.7 Å². The maximum atomic E-state index is 14.1. The Morgan fingerprint density at radius 3 is 2.71 bits per heavy atom. The average molecular weight is 564 g/mol. The predicted octanol–water partition coefficient (Wildman–Crippen LogP) is 4.86. The highest BCUT2D eigenvalue weighted by atomic mass is 79.9. The molecule has 2 amide bonds. The summed E-state index contributed by atoms with van der Waals surface area (Å²) in [6.45, 7) is 1.54. The molecule has 0 radical (unpaired) electrons. The number of fused-ring (bicyclic) bond motifs is 2. The van der Waals surface area contributed by atoms with E-state index >= 15 is 0 Å². The molecule has 1 saturated carbocycles. The Kier molecular flexibility index (Phi) is 6.38. The Morgan fingerprint density at radius 2 is 1.94 bits per heavy atom. The van der Waals surface area contributed by atoms with Crippen LogP contribution in [-0.2, 0) is 22.5 Å². The smallest absolute Gasteiger partial charge is 0.313 e. The SMILES string of the molecule is COC(=O)C12CCCC1CN(C(=O)c1cccc3c1CN(C(=O)c1cc(F)c(Br)cc1Cl)CC3)C2. The molecule has 0 aromatic heterocycles. The normalized spacial score (nSPS) is 23.1. The van der Waals surface area contributed by atoms with Gasteiger partial charge in [-0.15, -0.1) is 0 Å². The van der Waals surface area contributed by atoms with Crippen LogP contribution in [0.25, 0.3) is 0 Å². The summed E-state index contributed by atoms with van der Waals surface area (Å²) in [5.41, 5.74) is 1.80. The van der Waals surface area contributed by atoms with Crippen LogP contribution < -0.4 is 0 Å². The van der Waals surface area contributed by atoms with Crippen LogP contribution in [0, 0.1) is 17.2 Å². The number of rotatable bonds is 3. The van der Waals surface area contributed by atoms with Crippen molar-refractivity contribution < 1.29 is 23.5 Å². The number of methoxy groups -OCH3 is 1. The number of benzene rings is 2. The monoisotopic (exact) mass is 562 g/mol. The summed E-state index contributed by atoms with van der Waals surface area (Å²) in [5, 5.41) is 0.162. The van der Waals surface area contributed by atoms with Crippen LogP contribution in [-0.4, -0.2) is 54.3 Å². The fourth-order valence-electron chi connectivity index (χ4n) is 5.96. The number of carbonyl (C=O) groups excluding carboxylic acids is 3. The van der Waals surface area contributed by atoms with Gasteiger partial charge in [0, 0.05) is 31.7 Å². The predicted molar refractivity (Wildman–Crippen MR) is 132 cm³/mol. The van der Waals surface area contributed by atoms with E-state index in [1.54, 1.807) is 15.9 Å². The van der Waals surface area contributed by atoms with Gasteiger partial charge in [0.05, 0.1) is 27.6 Å². The largest absolute Gasteiger partial charge is 0.469 e. The minimum absolute atomic E-state index is 0.0898. The lowest BCUT2D eigenvalue weighted by atomic mass is 9.81. The van der Waals surface area contributed by atoms with E-state index in [2.05, 4.69) is 15.9 Å². The van der Waals surface area contributed by atoms with E-state index in [0.29, 0.717) is 31.6 Å². The van der Waals surface area contributed by atoms with Crippen molar-refractivity contribution in [2.45, 2.75) is 32.2 Å². The molecule has 0 spiro atoms. The summed E-state index contributed by atoms with van der Waals surface area (Å²) in [5.74, 6) is -1.21. The summed E-state index contributed by atoms with van der Waals surface area (Å²) in [6.07, 6.45) is 3.17. The minimum atomic E-state index is -0.621. The van der Waals surface area contributed by atoms with Crippen molar-refractivity contribution in [2.24, 2.45) is 11.3 Å². The molecule has 6 nitrogen and oxygen atoms in total. The van der Waals surface area contributed by atoms with Gasteiger partial charge in [0.1, 0.15) is 5.82 Å². The van der Waals surface area contributed by atoms with E-state index in [1.807, 2.05) is 12.1 Å². The zero-order valence-corrected chi connectivity index (χ0v) is 21.6. The first kappa shape index (κ1) is 24.3. The molecule has 2 atom stereocenters. The molecule has 5 rings (SSSR count). The van der Waals surface area contributed by atoms with Gasteiger partial charge in [-0.25, -0.2) is 4.39 Å². The number of likely N-dealkylation sites (tertiary alicyclic amines) is 1. The van der Waals surface area contributed by atoms with E-state index in [1.165, 1.54) is 13.2 Å².